The maximum Gasteiger partial charge on any atom is 0.249 e. The molecule has 4 N–H and O–H groups in total. The summed E-state index contributed by atoms with van der Waals surface area (Å²) in [5.41, 5.74) is -0.927. The molecule has 0 spiro atoms. The van der Waals surface area contributed by atoms with Crippen LogP contribution in [0.3, 0.4) is 0 Å². The summed E-state index contributed by atoms with van der Waals surface area (Å²) in [6, 6.07) is 0.201. The minimum Gasteiger partial charge on any atom is -0.396 e. The number of nitrogens with one attached hydrogen (secondary N) is 2. The van der Waals surface area contributed by atoms with Crippen LogP contribution in [-0.2, 0) is 9.59 Å². The fourth-order valence-corrected chi connectivity index (χ4v) is 2.23. The van der Waals surface area contributed by atoms with Crippen molar-refractivity contribution >= 4 is 11.8 Å². The van der Waals surface area contributed by atoms with Crippen LogP contribution in [0.25, 0.3) is 0 Å². The number of aliphatic hydroxyl groups is 2. The first-order valence-electron chi connectivity index (χ1n) is 7.23. The molecule has 6 heteroatoms. The summed E-state index contributed by atoms with van der Waals surface area (Å²) in [6.07, 6.45) is 4.10. The van der Waals surface area contributed by atoms with Crippen molar-refractivity contribution in [1.82, 2.24) is 10.6 Å². The Labute approximate surface area is 119 Å². The van der Waals surface area contributed by atoms with E-state index in [-0.39, 0.29) is 25.1 Å². The maximum absolute atomic E-state index is 11.7. The van der Waals surface area contributed by atoms with Crippen LogP contribution in [0.1, 0.15) is 46.0 Å². The quantitative estimate of drug-likeness (QED) is 0.549. The van der Waals surface area contributed by atoms with Crippen molar-refractivity contribution in [2.75, 3.05) is 13.2 Å². The normalized spacial score (nSPS) is 18.4. The van der Waals surface area contributed by atoms with Gasteiger partial charge in [-0.05, 0) is 12.8 Å². The van der Waals surface area contributed by atoms with Gasteiger partial charge in [-0.25, -0.2) is 0 Å². The third-order valence-corrected chi connectivity index (χ3v) is 3.79. The van der Waals surface area contributed by atoms with Gasteiger partial charge in [0.25, 0.3) is 0 Å². The van der Waals surface area contributed by atoms with Crippen molar-refractivity contribution in [1.29, 1.82) is 0 Å². The molecule has 20 heavy (non-hydrogen) atoms. The van der Waals surface area contributed by atoms with E-state index >= 15 is 0 Å². The second-order valence-corrected chi connectivity index (χ2v) is 6.17. The molecule has 0 aromatic rings. The number of rotatable bonds is 6. The fourth-order valence-electron chi connectivity index (χ4n) is 2.23. The lowest BCUT2D eigenvalue weighted by atomic mass is 9.87. The van der Waals surface area contributed by atoms with Gasteiger partial charge < -0.3 is 20.8 Å². The average molecular weight is 286 g/mol. The average Bonchev–Trinajstić information content (AvgIpc) is 2.45. The standard InChI is InChI=1S/C14H26N2O4/c1-14(2,9-17)12(19)13(20)15-8-11(18)16-10-6-4-3-5-7-10/h10,12,17,19H,3-9H2,1-2H3,(H,15,20)(H,16,18)/t12-/m0/s1. The van der Waals surface area contributed by atoms with Crippen LogP contribution in [0.15, 0.2) is 0 Å². The van der Waals surface area contributed by atoms with E-state index in [9.17, 15) is 14.7 Å². The van der Waals surface area contributed by atoms with Crippen molar-refractivity contribution < 1.29 is 19.8 Å². The van der Waals surface area contributed by atoms with Gasteiger partial charge >= 0.3 is 0 Å². The third-order valence-electron chi connectivity index (χ3n) is 3.79. The van der Waals surface area contributed by atoms with E-state index < -0.39 is 17.4 Å². The predicted octanol–water partition coefficient (Wildman–Crippen LogP) is -0.0691. The number of hydrogen-bond acceptors (Lipinski definition) is 4. The topological polar surface area (TPSA) is 98.7 Å². The van der Waals surface area contributed by atoms with E-state index in [0.29, 0.717) is 0 Å². The summed E-state index contributed by atoms with van der Waals surface area (Å²) in [5.74, 6) is -0.873. The van der Waals surface area contributed by atoms with Gasteiger partial charge in [0.1, 0.15) is 6.10 Å². The maximum atomic E-state index is 11.7. The first-order chi connectivity index (χ1) is 9.36. The van der Waals surface area contributed by atoms with Crippen LogP contribution < -0.4 is 10.6 Å². The number of hydrogen-bond donors (Lipinski definition) is 4. The van der Waals surface area contributed by atoms with Gasteiger partial charge in [-0.3, -0.25) is 9.59 Å². The summed E-state index contributed by atoms with van der Waals surface area (Å²) >= 11 is 0. The van der Waals surface area contributed by atoms with E-state index in [1.807, 2.05) is 0 Å². The van der Waals surface area contributed by atoms with Gasteiger partial charge in [0.05, 0.1) is 13.2 Å². The highest BCUT2D eigenvalue weighted by Crippen LogP contribution is 2.19. The lowest BCUT2D eigenvalue weighted by Crippen LogP contribution is -2.49. The molecule has 0 radical (unpaired) electrons. The minimum atomic E-state index is -1.34. The Morgan fingerprint density at radius 1 is 1.25 bits per heavy atom. The summed E-state index contributed by atoms with van der Waals surface area (Å²) in [4.78, 5) is 23.4. The van der Waals surface area contributed by atoms with Crippen LogP contribution in [0.2, 0.25) is 0 Å². The Hall–Kier alpha value is -1.14. The van der Waals surface area contributed by atoms with Crippen LogP contribution >= 0.6 is 0 Å². The SMILES string of the molecule is CC(C)(CO)[C@@H](O)C(=O)NCC(=O)NC1CCCCC1. The van der Waals surface area contributed by atoms with Gasteiger partial charge in [0.15, 0.2) is 0 Å². The van der Waals surface area contributed by atoms with Gasteiger partial charge in [-0.15, -0.1) is 0 Å². The summed E-state index contributed by atoms with van der Waals surface area (Å²) in [5, 5.41) is 24.1. The fraction of sp³-hybridized carbons (Fsp3) is 0.857. The second kappa shape index (κ2) is 7.59. The highest BCUT2D eigenvalue weighted by molar-refractivity contribution is 5.87. The predicted molar refractivity (Wildman–Crippen MR) is 74.9 cm³/mol. The van der Waals surface area contributed by atoms with Crippen LogP contribution in [0.5, 0.6) is 0 Å². The Balaban J connectivity index is 2.31. The van der Waals surface area contributed by atoms with Gasteiger partial charge in [0.2, 0.25) is 11.8 Å². The van der Waals surface area contributed by atoms with Crippen molar-refractivity contribution in [3.63, 3.8) is 0 Å². The minimum absolute atomic E-state index is 0.145. The largest absolute Gasteiger partial charge is 0.396 e. The number of carbonyl (C=O) groups excluding carboxylic acids is 2. The molecule has 1 saturated carbocycles. The van der Waals surface area contributed by atoms with E-state index in [1.54, 1.807) is 13.8 Å². The number of amides is 2. The molecule has 0 aromatic carbocycles. The summed E-state index contributed by atoms with van der Waals surface area (Å²) < 4.78 is 0. The Bertz CT molecular complexity index is 338. The summed E-state index contributed by atoms with van der Waals surface area (Å²) in [7, 11) is 0. The molecule has 116 valence electrons. The summed E-state index contributed by atoms with van der Waals surface area (Å²) in [6.45, 7) is 2.71. The number of aliphatic hydroxyl groups excluding tert-OH is 2. The van der Waals surface area contributed by atoms with E-state index in [2.05, 4.69) is 10.6 Å². The van der Waals surface area contributed by atoms with Gasteiger partial charge in [-0.1, -0.05) is 33.1 Å². The van der Waals surface area contributed by atoms with E-state index in [1.165, 1.54) is 6.42 Å². The Kier molecular flexibility index (Phi) is 6.42. The van der Waals surface area contributed by atoms with Crippen molar-refractivity contribution in [3.05, 3.63) is 0 Å². The molecule has 1 aliphatic rings. The first-order valence-corrected chi connectivity index (χ1v) is 7.23. The van der Waals surface area contributed by atoms with Crippen LogP contribution in [0.4, 0.5) is 0 Å². The van der Waals surface area contributed by atoms with Crippen LogP contribution in [0, 0.1) is 5.41 Å². The molecule has 0 aromatic heterocycles. The molecule has 1 aliphatic carbocycles. The van der Waals surface area contributed by atoms with Gasteiger partial charge in [-0.2, -0.15) is 0 Å². The monoisotopic (exact) mass is 286 g/mol. The van der Waals surface area contributed by atoms with Crippen molar-refractivity contribution in [2.45, 2.75) is 58.1 Å². The molecular formula is C14H26N2O4. The van der Waals surface area contributed by atoms with E-state index in [0.717, 1.165) is 25.7 Å². The highest BCUT2D eigenvalue weighted by Gasteiger charge is 2.33. The molecule has 0 bridgehead atoms. The molecule has 1 atom stereocenters. The molecule has 0 heterocycles. The van der Waals surface area contributed by atoms with Crippen molar-refractivity contribution in [2.24, 2.45) is 5.41 Å². The second-order valence-electron chi connectivity index (χ2n) is 6.17. The molecule has 0 unspecified atom stereocenters. The third kappa shape index (κ3) is 5.09. The lowest BCUT2D eigenvalue weighted by Gasteiger charge is -2.27. The molecular weight excluding hydrogens is 260 g/mol. The molecule has 0 saturated heterocycles. The number of carbonyl (C=O) groups is 2. The van der Waals surface area contributed by atoms with Crippen molar-refractivity contribution in [3.8, 4) is 0 Å². The first kappa shape index (κ1) is 16.9. The Morgan fingerprint density at radius 2 is 1.85 bits per heavy atom. The highest BCUT2D eigenvalue weighted by atomic mass is 16.3. The zero-order valence-electron chi connectivity index (χ0n) is 12.3. The smallest absolute Gasteiger partial charge is 0.249 e. The molecule has 1 fully saturated rings. The zero-order chi connectivity index (χ0) is 15.2. The molecule has 0 aliphatic heterocycles. The lowest BCUT2D eigenvalue weighted by molar-refractivity contribution is -0.138. The Morgan fingerprint density at radius 3 is 2.40 bits per heavy atom. The molecule has 6 nitrogen and oxygen atoms in total. The van der Waals surface area contributed by atoms with E-state index in [4.69, 9.17) is 5.11 Å². The van der Waals surface area contributed by atoms with Gasteiger partial charge in [0, 0.05) is 11.5 Å². The molecule has 1 rings (SSSR count). The molecule has 2 amide bonds. The zero-order valence-corrected chi connectivity index (χ0v) is 12.3. The van der Waals surface area contributed by atoms with Crippen LogP contribution in [-0.4, -0.2) is 47.3 Å².